The van der Waals surface area contributed by atoms with Gasteiger partial charge < -0.3 is 5.32 Å². The van der Waals surface area contributed by atoms with Gasteiger partial charge >= 0.3 is 0 Å². The maximum Gasteiger partial charge on any atom is 0.269 e. The number of carbonyl (C=O) groups is 3. The zero-order valence-corrected chi connectivity index (χ0v) is 16.3. The molecule has 0 saturated carbocycles. The van der Waals surface area contributed by atoms with E-state index in [9.17, 15) is 14.4 Å². The van der Waals surface area contributed by atoms with Gasteiger partial charge in [0, 0.05) is 27.4 Å². The molecule has 3 rings (SSSR count). The molecule has 6 nitrogen and oxygen atoms in total. The predicted octanol–water partition coefficient (Wildman–Crippen LogP) is 3.98. The highest BCUT2D eigenvalue weighted by Crippen LogP contribution is 2.14. The van der Waals surface area contributed by atoms with E-state index in [1.54, 1.807) is 66.7 Å². The lowest BCUT2D eigenvalue weighted by atomic mass is 10.1. The Labute approximate surface area is 172 Å². The molecule has 29 heavy (non-hydrogen) atoms. The van der Waals surface area contributed by atoms with E-state index in [4.69, 9.17) is 11.6 Å². The van der Waals surface area contributed by atoms with Gasteiger partial charge in [0.05, 0.1) is 0 Å². The fourth-order valence-corrected chi connectivity index (χ4v) is 2.68. The van der Waals surface area contributed by atoms with Gasteiger partial charge in [-0.05, 0) is 67.6 Å². The van der Waals surface area contributed by atoms with Gasteiger partial charge in [0.25, 0.3) is 17.7 Å². The Hall–Kier alpha value is -3.64. The van der Waals surface area contributed by atoms with Crippen LogP contribution in [-0.2, 0) is 0 Å². The third kappa shape index (κ3) is 5.43. The number of benzene rings is 3. The molecule has 0 atom stereocenters. The Bertz CT molecular complexity index is 1050. The van der Waals surface area contributed by atoms with Crippen LogP contribution < -0.4 is 16.2 Å². The number of hydrogen-bond donors (Lipinski definition) is 3. The van der Waals surface area contributed by atoms with Gasteiger partial charge in [0.1, 0.15) is 0 Å². The van der Waals surface area contributed by atoms with Crippen LogP contribution in [0, 0.1) is 6.92 Å². The lowest BCUT2D eigenvalue weighted by Crippen LogP contribution is -2.41. The molecule has 3 aromatic carbocycles. The van der Waals surface area contributed by atoms with Gasteiger partial charge in [-0.25, -0.2) is 0 Å². The van der Waals surface area contributed by atoms with Crippen LogP contribution in [-0.4, -0.2) is 17.7 Å². The van der Waals surface area contributed by atoms with Crippen LogP contribution in [0.15, 0.2) is 72.8 Å². The van der Waals surface area contributed by atoms with Crippen LogP contribution in [0.25, 0.3) is 0 Å². The van der Waals surface area contributed by atoms with E-state index in [-0.39, 0.29) is 5.91 Å². The van der Waals surface area contributed by atoms with Crippen LogP contribution >= 0.6 is 11.6 Å². The molecule has 0 unspecified atom stereocenters. The first kappa shape index (κ1) is 20.1. The summed E-state index contributed by atoms with van der Waals surface area (Å²) in [5.74, 6) is -1.17. The zero-order valence-electron chi connectivity index (χ0n) is 15.5. The van der Waals surface area contributed by atoms with Gasteiger partial charge in [-0.1, -0.05) is 29.3 Å². The van der Waals surface area contributed by atoms with Gasteiger partial charge in [-0.3, -0.25) is 25.2 Å². The third-order valence-electron chi connectivity index (χ3n) is 4.08. The van der Waals surface area contributed by atoms with Crippen molar-refractivity contribution in [1.82, 2.24) is 10.9 Å². The standard InChI is InChI=1S/C22H18ClN3O3/c1-14-3-2-4-17(13-14)22(29)26-25-21(28)16-7-11-19(12-8-16)24-20(27)15-5-9-18(23)10-6-15/h2-13H,1H3,(H,24,27)(H,25,28)(H,26,29). The van der Waals surface area contributed by atoms with Crippen molar-refractivity contribution in [3.63, 3.8) is 0 Å². The average molecular weight is 408 g/mol. The lowest BCUT2D eigenvalue weighted by Gasteiger charge is -2.09. The third-order valence-corrected chi connectivity index (χ3v) is 4.33. The second kappa shape index (κ2) is 9.03. The van der Waals surface area contributed by atoms with Gasteiger partial charge in [-0.2, -0.15) is 0 Å². The van der Waals surface area contributed by atoms with E-state index in [1.807, 2.05) is 13.0 Å². The molecule has 0 aliphatic rings. The Morgan fingerprint density at radius 2 is 1.24 bits per heavy atom. The highest BCUT2D eigenvalue weighted by molar-refractivity contribution is 6.30. The molecule has 0 aliphatic heterocycles. The van der Waals surface area contributed by atoms with Gasteiger partial charge in [0.15, 0.2) is 0 Å². The summed E-state index contributed by atoms with van der Waals surface area (Å²) in [6.07, 6.45) is 0. The lowest BCUT2D eigenvalue weighted by molar-refractivity contribution is 0.0846. The van der Waals surface area contributed by atoms with Crippen LogP contribution in [0.2, 0.25) is 5.02 Å². The highest BCUT2D eigenvalue weighted by Gasteiger charge is 2.10. The summed E-state index contributed by atoms with van der Waals surface area (Å²) in [4.78, 5) is 36.5. The van der Waals surface area contributed by atoms with E-state index in [0.29, 0.717) is 27.4 Å². The molecule has 0 spiro atoms. The summed E-state index contributed by atoms with van der Waals surface area (Å²) < 4.78 is 0. The molecule has 0 bridgehead atoms. The minimum Gasteiger partial charge on any atom is -0.322 e. The zero-order chi connectivity index (χ0) is 20.8. The largest absolute Gasteiger partial charge is 0.322 e. The molecule has 0 aliphatic carbocycles. The van der Waals surface area contributed by atoms with Crippen molar-refractivity contribution in [3.8, 4) is 0 Å². The monoisotopic (exact) mass is 407 g/mol. The van der Waals surface area contributed by atoms with Crippen molar-refractivity contribution < 1.29 is 14.4 Å². The van der Waals surface area contributed by atoms with Crippen molar-refractivity contribution in [3.05, 3.63) is 100 Å². The SMILES string of the molecule is Cc1cccc(C(=O)NNC(=O)c2ccc(NC(=O)c3ccc(Cl)cc3)cc2)c1. The minimum atomic E-state index is -0.471. The first-order valence-corrected chi connectivity index (χ1v) is 9.14. The minimum absolute atomic E-state index is 0.288. The summed E-state index contributed by atoms with van der Waals surface area (Å²) in [5, 5.41) is 3.28. The fourth-order valence-electron chi connectivity index (χ4n) is 2.55. The molecule has 3 amide bonds. The Morgan fingerprint density at radius 1 is 0.690 bits per heavy atom. The van der Waals surface area contributed by atoms with Crippen LogP contribution in [0.1, 0.15) is 36.6 Å². The molecule has 0 saturated heterocycles. The summed E-state index contributed by atoms with van der Waals surface area (Å²) in [6.45, 7) is 1.88. The van der Waals surface area contributed by atoms with Crippen molar-refractivity contribution in [2.75, 3.05) is 5.32 Å². The predicted molar refractivity (Wildman–Crippen MR) is 112 cm³/mol. The van der Waals surface area contributed by atoms with Crippen LogP contribution in [0.5, 0.6) is 0 Å². The Morgan fingerprint density at radius 3 is 1.86 bits per heavy atom. The van der Waals surface area contributed by atoms with Gasteiger partial charge in [0.2, 0.25) is 0 Å². The number of aryl methyl sites for hydroxylation is 1. The van der Waals surface area contributed by atoms with E-state index >= 15 is 0 Å². The van der Waals surface area contributed by atoms with Crippen molar-refractivity contribution in [1.29, 1.82) is 0 Å². The number of rotatable bonds is 4. The second-order valence-corrected chi connectivity index (χ2v) is 6.75. The molecule has 0 heterocycles. The van der Waals surface area contributed by atoms with Crippen molar-refractivity contribution in [2.45, 2.75) is 6.92 Å². The Kier molecular flexibility index (Phi) is 6.26. The number of halogens is 1. The average Bonchev–Trinajstić information content (AvgIpc) is 2.72. The molecule has 3 N–H and O–H groups in total. The molecule has 0 radical (unpaired) electrons. The van der Waals surface area contributed by atoms with Crippen molar-refractivity contribution >= 4 is 35.0 Å². The summed E-state index contributed by atoms with van der Waals surface area (Å²) in [5.41, 5.74) is 7.48. The second-order valence-electron chi connectivity index (χ2n) is 6.32. The first-order valence-electron chi connectivity index (χ1n) is 8.77. The smallest absolute Gasteiger partial charge is 0.269 e. The number of anilines is 1. The molecule has 3 aromatic rings. The summed E-state index contributed by atoms with van der Waals surface area (Å²) in [6, 6.07) is 19.8. The summed E-state index contributed by atoms with van der Waals surface area (Å²) >= 11 is 5.81. The molecule has 7 heteroatoms. The fraction of sp³-hybridized carbons (Fsp3) is 0.0455. The number of amides is 3. The molecular weight excluding hydrogens is 390 g/mol. The molecule has 146 valence electrons. The maximum atomic E-state index is 12.2. The normalized spacial score (nSPS) is 10.1. The van der Waals surface area contributed by atoms with Crippen LogP contribution in [0.3, 0.4) is 0 Å². The first-order chi connectivity index (χ1) is 13.9. The van der Waals surface area contributed by atoms with E-state index in [2.05, 4.69) is 16.2 Å². The molecular formula is C22H18ClN3O3. The Balaban J connectivity index is 1.56. The van der Waals surface area contributed by atoms with Crippen molar-refractivity contribution in [2.24, 2.45) is 0 Å². The number of hydrazine groups is 1. The van der Waals surface area contributed by atoms with E-state index in [0.717, 1.165) is 5.56 Å². The number of hydrogen-bond acceptors (Lipinski definition) is 3. The maximum absolute atomic E-state index is 12.2. The van der Waals surface area contributed by atoms with E-state index in [1.165, 1.54) is 0 Å². The molecule has 0 aromatic heterocycles. The highest BCUT2D eigenvalue weighted by atomic mass is 35.5. The van der Waals surface area contributed by atoms with Crippen LogP contribution in [0.4, 0.5) is 5.69 Å². The molecule has 0 fully saturated rings. The van der Waals surface area contributed by atoms with E-state index < -0.39 is 11.8 Å². The summed E-state index contributed by atoms with van der Waals surface area (Å²) in [7, 11) is 0. The van der Waals surface area contributed by atoms with Gasteiger partial charge in [-0.15, -0.1) is 0 Å². The number of carbonyl (C=O) groups excluding carboxylic acids is 3. The topological polar surface area (TPSA) is 87.3 Å². The number of nitrogens with one attached hydrogen (secondary N) is 3. The quantitative estimate of drug-likeness (QED) is 0.572.